The Balaban J connectivity index is 0.000000195. The first-order chi connectivity index (χ1) is 34.8. The van der Waals surface area contributed by atoms with Crippen LogP contribution in [-0.4, -0.2) is 115 Å². The van der Waals surface area contributed by atoms with Crippen LogP contribution in [0.25, 0.3) is 45.6 Å². The molecule has 4 aromatic heterocycles. The molecular weight excluding hydrogens is 1000 g/mol. The van der Waals surface area contributed by atoms with Gasteiger partial charge in [0.25, 0.3) is 29.5 Å². The zero-order valence-electron chi connectivity index (χ0n) is 40.4. The summed E-state index contributed by atoms with van der Waals surface area (Å²) in [5, 5.41) is 8.19. The molecule has 0 fully saturated rings. The zero-order chi connectivity index (χ0) is 52.9. The molecule has 0 unspecified atom stereocenters. The van der Waals surface area contributed by atoms with Gasteiger partial charge in [-0.15, -0.1) is 10.2 Å². The Hall–Kier alpha value is -9.51. The molecule has 8 rings (SSSR count). The summed E-state index contributed by atoms with van der Waals surface area (Å²) in [6, 6.07) is 28.5. The number of anilines is 3. The molecule has 0 saturated heterocycles. The van der Waals surface area contributed by atoms with Gasteiger partial charge in [0.2, 0.25) is 5.89 Å². The van der Waals surface area contributed by atoms with Crippen molar-refractivity contribution in [1.82, 2.24) is 60.8 Å². The standard InChI is InChI=1S/C22H22N6O3.C22H20N6O2.C6H6BrN3O2/c1-13-4-6-15(7-5-13)20(29)26-27-21(30)18-19(23)24-12-17(25-18)14-8-10-16(11-9-14)22(31)28(2)3;1-13-4-6-15(7-5-13)20-26-27-21(30-20)18-19(23)24-12-17(25-18)14-8-10-16(11-9-14)22(29)28(2)3;1-12-6(11)4-5(8)9-2-3(7)10-4/h4-12H,1-3H3,(H2,23,24)(H,26,29)(H,27,30);4-12H,1-3H3,(H2,23,24);2H,1H3,(H2,8,9). The van der Waals surface area contributed by atoms with Crippen LogP contribution in [0.5, 0.6) is 0 Å². The van der Waals surface area contributed by atoms with Gasteiger partial charge in [-0.25, -0.2) is 34.7 Å². The fraction of sp³-hybridized carbons (Fsp3) is 0.140. The third-order valence-electron chi connectivity index (χ3n) is 10.2. The molecule has 4 amide bonds. The van der Waals surface area contributed by atoms with E-state index in [-0.39, 0.29) is 46.5 Å². The maximum absolute atomic E-state index is 12.5. The number of hydrogen-bond acceptors (Lipinski definition) is 18. The summed E-state index contributed by atoms with van der Waals surface area (Å²) in [6.45, 7) is 3.92. The van der Waals surface area contributed by atoms with Crippen molar-refractivity contribution in [2.45, 2.75) is 13.8 Å². The number of aryl methyl sites for hydroxylation is 2. The van der Waals surface area contributed by atoms with E-state index in [4.69, 9.17) is 21.6 Å². The van der Waals surface area contributed by atoms with Gasteiger partial charge in [-0.1, -0.05) is 59.7 Å². The predicted molar refractivity (Wildman–Crippen MR) is 275 cm³/mol. The predicted octanol–water partition coefficient (Wildman–Crippen LogP) is 5.87. The van der Waals surface area contributed by atoms with Crippen LogP contribution >= 0.6 is 15.9 Å². The van der Waals surface area contributed by atoms with E-state index in [1.807, 2.05) is 50.2 Å². The molecule has 22 nitrogen and oxygen atoms in total. The van der Waals surface area contributed by atoms with Gasteiger partial charge in [0, 0.05) is 61.6 Å². The second kappa shape index (κ2) is 23.9. The van der Waals surface area contributed by atoms with Crippen molar-refractivity contribution >= 4 is 63.0 Å². The van der Waals surface area contributed by atoms with Crippen LogP contribution in [0.3, 0.4) is 0 Å². The van der Waals surface area contributed by atoms with Crippen molar-refractivity contribution in [3.05, 3.63) is 159 Å². The van der Waals surface area contributed by atoms with Crippen LogP contribution in [0.4, 0.5) is 17.5 Å². The van der Waals surface area contributed by atoms with Crippen LogP contribution in [0.2, 0.25) is 0 Å². The summed E-state index contributed by atoms with van der Waals surface area (Å²) in [5.41, 5.74) is 28.9. The fourth-order valence-electron chi connectivity index (χ4n) is 6.19. The summed E-state index contributed by atoms with van der Waals surface area (Å²) >= 11 is 3.06. The number of ether oxygens (including phenoxy) is 1. The van der Waals surface area contributed by atoms with Gasteiger partial charge in [-0.3, -0.25) is 30.0 Å². The topological polar surface area (TPSA) is 319 Å². The summed E-state index contributed by atoms with van der Waals surface area (Å²) in [4.78, 5) is 87.3. The number of carbonyl (C=O) groups is 5. The molecule has 8 N–H and O–H groups in total. The number of nitrogens with two attached hydrogens (primary N) is 3. The summed E-state index contributed by atoms with van der Waals surface area (Å²) < 4.78 is 10.7. The zero-order valence-corrected chi connectivity index (χ0v) is 42.0. The first-order valence-electron chi connectivity index (χ1n) is 21.7. The van der Waals surface area contributed by atoms with Crippen molar-refractivity contribution in [1.29, 1.82) is 0 Å². The van der Waals surface area contributed by atoms with Crippen molar-refractivity contribution < 1.29 is 33.1 Å². The van der Waals surface area contributed by atoms with E-state index < -0.39 is 17.8 Å². The molecule has 4 aromatic carbocycles. The molecule has 4 heterocycles. The molecule has 0 atom stereocenters. The molecule has 0 bridgehead atoms. The highest BCUT2D eigenvalue weighted by atomic mass is 79.9. The fourth-order valence-corrected chi connectivity index (χ4v) is 6.47. The van der Waals surface area contributed by atoms with Crippen molar-refractivity contribution in [2.24, 2.45) is 0 Å². The van der Waals surface area contributed by atoms with Crippen LogP contribution in [-0.2, 0) is 4.74 Å². The number of nitrogens with one attached hydrogen (secondary N) is 2. The molecule has 0 aliphatic rings. The first-order valence-corrected chi connectivity index (χ1v) is 22.5. The lowest BCUT2D eigenvalue weighted by Crippen LogP contribution is -2.42. The molecule has 8 aromatic rings. The van der Waals surface area contributed by atoms with Gasteiger partial charge in [-0.05, 0) is 78.3 Å². The number of nitrogens with zero attached hydrogens (tertiary/aromatic N) is 10. The molecule has 73 heavy (non-hydrogen) atoms. The van der Waals surface area contributed by atoms with E-state index in [0.29, 0.717) is 49.8 Å². The molecule has 372 valence electrons. The Kier molecular flexibility index (Phi) is 17.3. The highest BCUT2D eigenvalue weighted by Gasteiger charge is 2.19. The van der Waals surface area contributed by atoms with E-state index in [1.165, 1.54) is 29.3 Å². The van der Waals surface area contributed by atoms with Gasteiger partial charge < -0.3 is 36.2 Å². The minimum atomic E-state index is -0.702. The van der Waals surface area contributed by atoms with Gasteiger partial charge in [0.1, 0.15) is 4.60 Å². The quantitative estimate of drug-likeness (QED) is 0.0833. The smallest absolute Gasteiger partial charge is 0.360 e. The number of carbonyl (C=O) groups excluding carboxylic acids is 5. The minimum absolute atomic E-state index is 0.0203. The number of methoxy groups -OCH3 is 1. The average molecular weight is 1050 g/mol. The summed E-state index contributed by atoms with van der Waals surface area (Å²) in [5.74, 6) is -1.22. The van der Waals surface area contributed by atoms with E-state index >= 15 is 0 Å². The Morgan fingerprint density at radius 1 is 0.534 bits per heavy atom. The number of rotatable bonds is 9. The number of halogens is 1. The number of aromatic nitrogens is 8. The Bertz CT molecular complexity index is 3280. The maximum atomic E-state index is 12.5. The molecule has 0 aliphatic heterocycles. The lowest BCUT2D eigenvalue weighted by molar-refractivity contribution is 0.0594. The number of hydrogen-bond donors (Lipinski definition) is 5. The van der Waals surface area contributed by atoms with Gasteiger partial charge >= 0.3 is 5.97 Å². The normalized spacial score (nSPS) is 10.4. The van der Waals surface area contributed by atoms with Crippen LogP contribution in [0.15, 0.2) is 125 Å². The molecule has 0 spiro atoms. The first kappa shape index (κ1) is 52.9. The minimum Gasteiger partial charge on any atom is -0.464 e. The van der Waals surface area contributed by atoms with E-state index in [9.17, 15) is 24.0 Å². The third-order valence-corrected chi connectivity index (χ3v) is 10.5. The lowest BCUT2D eigenvalue weighted by Gasteiger charge is -2.11. The number of esters is 1. The van der Waals surface area contributed by atoms with Gasteiger partial charge in [0.05, 0.1) is 37.1 Å². The molecular formula is C50H48BrN15O7. The Labute approximate surface area is 426 Å². The number of hydrazine groups is 1. The van der Waals surface area contributed by atoms with Crippen LogP contribution in [0.1, 0.15) is 63.2 Å². The highest BCUT2D eigenvalue weighted by molar-refractivity contribution is 9.10. The monoisotopic (exact) mass is 1050 g/mol. The van der Waals surface area contributed by atoms with Crippen LogP contribution in [0, 0.1) is 13.8 Å². The SMILES string of the molecule is COC(=O)c1nc(Br)cnc1N.Cc1ccc(-c2nnc(-c3nc(-c4ccc(C(=O)N(C)C)cc4)cnc3N)o2)cc1.Cc1ccc(C(=O)NNC(=O)c2nc(-c3ccc(C(=O)N(C)C)cc3)cnc2N)cc1. The van der Waals surface area contributed by atoms with E-state index in [1.54, 1.807) is 95.1 Å². The number of benzene rings is 4. The third kappa shape index (κ3) is 13.6. The average Bonchev–Trinajstić information content (AvgIpc) is 3.89. The largest absolute Gasteiger partial charge is 0.464 e. The van der Waals surface area contributed by atoms with Crippen molar-refractivity contribution in [3.8, 4) is 45.6 Å². The van der Waals surface area contributed by atoms with E-state index in [2.05, 4.69) is 71.6 Å². The van der Waals surface area contributed by atoms with Crippen LogP contribution < -0.4 is 28.1 Å². The Morgan fingerprint density at radius 2 is 0.973 bits per heavy atom. The summed E-state index contributed by atoms with van der Waals surface area (Å²) in [6.07, 6.45) is 4.40. The van der Waals surface area contributed by atoms with Gasteiger partial charge in [0.15, 0.2) is 34.5 Å². The molecule has 0 aliphatic carbocycles. The second-order valence-corrected chi connectivity index (χ2v) is 16.8. The maximum Gasteiger partial charge on any atom is 0.360 e. The second-order valence-electron chi connectivity index (χ2n) is 16.0. The molecule has 23 heteroatoms. The van der Waals surface area contributed by atoms with Crippen molar-refractivity contribution in [2.75, 3.05) is 52.5 Å². The highest BCUT2D eigenvalue weighted by Crippen LogP contribution is 2.28. The van der Waals surface area contributed by atoms with Gasteiger partial charge in [-0.2, -0.15) is 0 Å². The van der Waals surface area contributed by atoms with E-state index in [0.717, 1.165) is 22.3 Å². The molecule has 0 radical (unpaired) electrons. The summed E-state index contributed by atoms with van der Waals surface area (Å²) in [7, 11) is 8.02. The molecule has 0 saturated carbocycles. The lowest BCUT2D eigenvalue weighted by atomic mass is 10.1. The number of nitrogen functional groups attached to an aromatic ring is 3. The number of amides is 4. The Morgan fingerprint density at radius 3 is 1.51 bits per heavy atom. The van der Waals surface area contributed by atoms with Crippen molar-refractivity contribution in [3.63, 3.8) is 0 Å².